The first-order chi connectivity index (χ1) is 15.0. The second-order valence-electron chi connectivity index (χ2n) is 7.97. The van der Waals surface area contributed by atoms with E-state index < -0.39 is 0 Å². The zero-order chi connectivity index (χ0) is 22.2. The Bertz CT molecular complexity index is 895. The smallest absolute Gasteiger partial charge is 0.227 e. The van der Waals surface area contributed by atoms with Gasteiger partial charge in [-0.2, -0.15) is 0 Å². The van der Waals surface area contributed by atoms with Gasteiger partial charge in [0, 0.05) is 32.6 Å². The predicted molar refractivity (Wildman–Crippen MR) is 121 cm³/mol. The van der Waals surface area contributed by atoms with E-state index in [2.05, 4.69) is 31.2 Å². The van der Waals surface area contributed by atoms with E-state index >= 15 is 0 Å². The maximum atomic E-state index is 12.8. The van der Waals surface area contributed by atoms with E-state index in [0.717, 1.165) is 18.4 Å². The number of hydrogen-bond donors (Lipinski definition) is 0. The molecule has 1 saturated heterocycles. The van der Waals surface area contributed by atoms with E-state index in [1.54, 1.807) is 14.2 Å². The van der Waals surface area contributed by atoms with Crippen molar-refractivity contribution in [1.82, 2.24) is 9.80 Å². The fourth-order valence-electron chi connectivity index (χ4n) is 3.86. The summed E-state index contributed by atoms with van der Waals surface area (Å²) in [7, 11) is 3.18. The number of amides is 2. The summed E-state index contributed by atoms with van der Waals surface area (Å²) in [6, 6.07) is 13.9. The molecule has 0 aromatic heterocycles. The van der Waals surface area contributed by atoms with Gasteiger partial charge in [-0.3, -0.25) is 9.59 Å². The third-order valence-corrected chi connectivity index (χ3v) is 5.75. The quantitative estimate of drug-likeness (QED) is 0.685. The topological polar surface area (TPSA) is 59.1 Å². The highest BCUT2D eigenvalue weighted by molar-refractivity contribution is 5.80. The largest absolute Gasteiger partial charge is 0.493 e. The van der Waals surface area contributed by atoms with Gasteiger partial charge >= 0.3 is 0 Å². The van der Waals surface area contributed by atoms with Crippen LogP contribution in [0.5, 0.6) is 11.5 Å². The molecule has 0 unspecified atom stereocenters. The molecular formula is C25H32N2O4. The molecular weight excluding hydrogens is 392 g/mol. The van der Waals surface area contributed by atoms with Gasteiger partial charge in [-0.15, -0.1) is 0 Å². The van der Waals surface area contributed by atoms with Crippen LogP contribution in [0.3, 0.4) is 0 Å². The van der Waals surface area contributed by atoms with Crippen LogP contribution in [0.2, 0.25) is 0 Å². The fourth-order valence-corrected chi connectivity index (χ4v) is 3.86. The minimum absolute atomic E-state index is 0.0705. The van der Waals surface area contributed by atoms with Crippen LogP contribution < -0.4 is 9.47 Å². The molecule has 2 aromatic carbocycles. The number of rotatable bonds is 7. The van der Waals surface area contributed by atoms with Gasteiger partial charge in [-0.05, 0) is 43.0 Å². The van der Waals surface area contributed by atoms with Crippen molar-refractivity contribution in [3.05, 3.63) is 59.2 Å². The molecule has 0 bridgehead atoms. The lowest BCUT2D eigenvalue weighted by Crippen LogP contribution is -2.38. The molecule has 3 rings (SSSR count). The van der Waals surface area contributed by atoms with Gasteiger partial charge in [-0.1, -0.05) is 35.9 Å². The summed E-state index contributed by atoms with van der Waals surface area (Å²) >= 11 is 0. The molecule has 2 aromatic rings. The molecule has 0 radical (unpaired) electrons. The van der Waals surface area contributed by atoms with Gasteiger partial charge in [0.25, 0.3) is 0 Å². The highest BCUT2D eigenvalue weighted by atomic mass is 16.5. The Balaban J connectivity index is 1.51. The molecule has 31 heavy (non-hydrogen) atoms. The molecule has 0 atom stereocenters. The molecule has 0 saturated carbocycles. The molecule has 166 valence electrons. The highest BCUT2D eigenvalue weighted by Crippen LogP contribution is 2.28. The van der Waals surface area contributed by atoms with Gasteiger partial charge in [0.05, 0.1) is 20.6 Å². The van der Waals surface area contributed by atoms with Crippen LogP contribution in [0.1, 0.15) is 29.5 Å². The van der Waals surface area contributed by atoms with Crippen molar-refractivity contribution < 1.29 is 19.1 Å². The van der Waals surface area contributed by atoms with Gasteiger partial charge < -0.3 is 19.3 Å². The normalized spacial score (nSPS) is 14.2. The van der Waals surface area contributed by atoms with Crippen LogP contribution in [0, 0.1) is 6.92 Å². The van der Waals surface area contributed by atoms with Crippen molar-refractivity contribution in [2.24, 2.45) is 0 Å². The molecule has 0 spiro atoms. The summed E-state index contributed by atoms with van der Waals surface area (Å²) in [5.41, 5.74) is 3.29. The highest BCUT2D eigenvalue weighted by Gasteiger charge is 2.22. The number of carbonyl (C=O) groups excluding carboxylic acids is 2. The first-order valence-corrected chi connectivity index (χ1v) is 10.8. The molecule has 1 heterocycles. The van der Waals surface area contributed by atoms with Crippen molar-refractivity contribution in [3.63, 3.8) is 0 Å². The molecule has 6 heteroatoms. The van der Waals surface area contributed by atoms with E-state index in [0.29, 0.717) is 50.5 Å². The Labute approximate surface area is 184 Å². The Hall–Kier alpha value is -3.02. The first kappa shape index (κ1) is 22.7. The van der Waals surface area contributed by atoms with Crippen LogP contribution in [-0.2, 0) is 22.4 Å². The van der Waals surface area contributed by atoms with Crippen molar-refractivity contribution in [2.75, 3.05) is 40.4 Å². The van der Waals surface area contributed by atoms with Crippen molar-refractivity contribution >= 4 is 11.8 Å². The SMILES string of the molecule is COc1ccc(CC(=O)N2CCCN(C(=O)CCc3ccc(C)cc3)CC2)cc1OC. The van der Waals surface area contributed by atoms with Gasteiger partial charge in [0.1, 0.15) is 0 Å². The minimum atomic E-state index is 0.0705. The Kier molecular flexibility index (Phi) is 7.93. The van der Waals surface area contributed by atoms with Gasteiger partial charge in [-0.25, -0.2) is 0 Å². The number of hydrogen-bond acceptors (Lipinski definition) is 4. The van der Waals surface area contributed by atoms with E-state index in [1.807, 2.05) is 28.0 Å². The van der Waals surface area contributed by atoms with Crippen LogP contribution in [0.4, 0.5) is 0 Å². The predicted octanol–water partition coefficient (Wildman–Crippen LogP) is 3.25. The fraction of sp³-hybridized carbons (Fsp3) is 0.440. The van der Waals surface area contributed by atoms with Gasteiger partial charge in [0.2, 0.25) is 11.8 Å². The Morgan fingerprint density at radius 2 is 1.42 bits per heavy atom. The second kappa shape index (κ2) is 10.8. The third kappa shape index (κ3) is 6.23. The summed E-state index contributed by atoms with van der Waals surface area (Å²) < 4.78 is 10.6. The summed E-state index contributed by atoms with van der Waals surface area (Å²) in [4.78, 5) is 29.3. The first-order valence-electron chi connectivity index (χ1n) is 10.8. The third-order valence-electron chi connectivity index (χ3n) is 5.75. The maximum absolute atomic E-state index is 12.8. The minimum Gasteiger partial charge on any atom is -0.493 e. The molecule has 2 amide bonds. The Morgan fingerprint density at radius 1 is 0.806 bits per heavy atom. The maximum Gasteiger partial charge on any atom is 0.227 e. The second-order valence-corrected chi connectivity index (χ2v) is 7.97. The zero-order valence-electron chi connectivity index (χ0n) is 18.7. The summed E-state index contributed by atoms with van der Waals surface area (Å²) in [5.74, 6) is 1.50. The zero-order valence-corrected chi connectivity index (χ0v) is 18.7. The average Bonchev–Trinajstić information content (AvgIpc) is 3.05. The van der Waals surface area contributed by atoms with Crippen LogP contribution >= 0.6 is 0 Å². The van der Waals surface area contributed by atoms with Crippen LogP contribution in [-0.4, -0.2) is 62.0 Å². The standard InChI is InChI=1S/C25H32N2O4/c1-19-5-7-20(8-6-19)10-12-24(28)26-13-4-14-27(16-15-26)25(29)18-21-9-11-22(30-2)23(17-21)31-3/h5-9,11,17H,4,10,12-16,18H2,1-3H3. The molecule has 0 N–H and O–H groups in total. The summed E-state index contributed by atoms with van der Waals surface area (Å²) in [6.45, 7) is 4.60. The molecule has 1 fully saturated rings. The number of methoxy groups -OCH3 is 2. The summed E-state index contributed by atoms with van der Waals surface area (Å²) in [5, 5.41) is 0. The molecule has 1 aliphatic heterocycles. The van der Waals surface area contributed by atoms with Gasteiger partial charge in [0.15, 0.2) is 11.5 Å². The number of carbonyl (C=O) groups is 2. The Morgan fingerprint density at radius 3 is 2.06 bits per heavy atom. The number of ether oxygens (including phenoxy) is 2. The van der Waals surface area contributed by atoms with Crippen molar-refractivity contribution in [2.45, 2.75) is 32.6 Å². The van der Waals surface area contributed by atoms with Crippen molar-refractivity contribution in [3.8, 4) is 11.5 Å². The van der Waals surface area contributed by atoms with E-state index in [-0.39, 0.29) is 11.8 Å². The van der Waals surface area contributed by atoms with Crippen molar-refractivity contribution in [1.29, 1.82) is 0 Å². The molecule has 0 aliphatic carbocycles. The lowest BCUT2D eigenvalue weighted by molar-refractivity contribution is -0.133. The number of benzene rings is 2. The van der Waals surface area contributed by atoms with E-state index in [4.69, 9.17) is 9.47 Å². The number of aryl methyl sites for hydroxylation is 2. The lowest BCUT2D eigenvalue weighted by atomic mass is 10.1. The average molecular weight is 425 g/mol. The van der Waals surface area contributed by atoms with Crippen LogP contribution in [0.25, 0.3) is 0 Å². The number of nitrogens with zero attached hydrogens (tertiary/aromatic N) is 2. The molecule has 6 nitrogen and oxygen atoms in total. The van der Waals surface area contributed by atoms with Crippen LogP contribution in [0.15, 0.2) is 42.5 Å². The lowest BCUT2D eigenvalue weighted by Gasteiger charge is -2.22. The van der Waals surface area contributed by atoms with E-state index in [9.17, 15) is 9.59 Å². The monoisotopic (exact) mass is 424 g/mol. The van der Waals surface area contributed by atoms with E-state index in [1.165, 1.54) is 11.1 Å². The molecule has 1 aliphatic rings. The summed E-state index contributed by atoms with van der Waals surface area (Å²) in [6.07, 6.45) is 2.36.